The van der Waals surface area contributed by atoms with Crippen molar-refractivity contribution in [2.45, 2.75) is 42.9 Å². The molecule has 1 atom stereocenters. The van der Waals surface area contributed by atoms with E-state index >= 15 is 0 Å². The summed E-state index contributed by atoms with van der Waals surface area (Å²) < 4.78 is 23.5. The minimum Gasteiger partial charge on any atom is -0.376 e. The highest BCUT2D eigenvalue weighted by atomic mass is 32.2. The van der Waals surface area contributed by atoms with E-state index in [0.717, 1.165) is 48.4 Å². The molecule has 2 aromatic heterocycles. The first-order valence-electron chi connectivity index (χ1n) is 10.7. The first-order chi connectivity index (χ1) is 15.8. The van der Waals surface area contributed by atoms with Crippen molar-refractivity contribution in [2.24, 2.45) is 0 Å². The normalized spacial score (nSPS) is 16.0. The van der Waals surface area contributed by atoms with Crippen molar-refractivity contribution < 1.29 is 9.13 Å². The van der Waals surface area contributed by atoms with Gasteiger partial charge in [-0.05, 0) is 42.7 Å². The number of hydrogen-bond donors (Lipinski definition) is 0. The second kappa shape index (κ2) is 9.67. The highest BCUT2D eigenvalue weighted by molar-refractivity contribution is 7.98. The predicted molar refractivity (Wildman–Crippen MR) is 122 cm³/mol. The summed E-state index contributed by atoms with van der Waals surface area (Å²) >= 11 is 1.61. The highest BCUT2D eigenvalue weighted by Gasteiger charge is 2.22. The van der Waals surface area contributed by atoms with E-state index in [1.807, 2.05) is 30.6 Å². The van der Waals surface area contributed by atoms with Gasteiger partial charge in [0.25, 0.3) is 0 Å². The molecular weight excluding hydrogens is 425 g/mol. The van der Waals surface area contributed by atoms with Crippen LogP contribution >= 0.6 is 11.8 Å². The molecular formula is C24H24FN5OS. The van der Waals surface area contributed by atoms with Gasteiger partial charge in [-0.25, -0.2) is 9.37 Å². The number of imidazole rings is 1. The summed E-state index contributed by atoms with van der Waals surface area (Å²) in [4.78, 5) is 4.55. The molecule has 1 unspecified atom stereocenters. The lowest BCUT2D eigenvalue weighted by atomic mass is 10.2. The van der Waals surface area contributed by atoms with Gasteiger partial charge in [0.05, 0.1) is 18.4 Å². The van der Waals surface area contributed by atoms with Crippen molar-refractivity contribution in [3.63, 3.8) is 0 Å². The Morgan fingerprint density at radius 1 is 1.06 bits per heavy atom. The van der Waals surface area contributed by atoms with Gasteiger partial charge in [-0.15, -0.1) is 10.2 Å². The molecule has 32 heavy (non-hydrogen) atoms. The fourth-order valence-electron chi connectivity index (χ4n) is 3.90. The number of hydrogen-bond acceptors (Lipinski definition) is 5. The summed E-state index contributed by atoms with van der Waals surface area (Å²) in [7, 11) is 0. The molecule has 6 nitrogen and oxygen atoms in total. The van der Waals surface area contributed by atoms with Gasteiger partial charge in [-0.3, -0.25) is 4.57 Å². The first-order valence-corrected chi connectivity index (χ1v) is 11.7. The van der Waals surface area contributed by atoms with E-state index in [1.165, 1.54) is 17.7 Å². The lowest BCUT2D eigenvalue weighted by Gasteiger charge is -2.15. The molecule has 1 saturated heterocycles. The van der Waals surface area contributed by atoms with E-state index in [1.54, 1.807) is 23.9 Å². The summed E-state index contributed by atoms with van der Waals surface area (Å²) in [6, 6.07) is 16.7. The SMILES string of the molecule is Fc1ccc(-c2nnc(SCc3nccn3Cc3ccccc3)n2CC2CCCO2)cc1. The van der Waals surface area contributed by atoms with Gasteiger partial charge in [0.1, 0.15) is 11.6 Å². The minimum absolute atomic E-state index is 0.143. The fraction of sp³-hybridized carbons (Fsp3) is 0.292. The van der Waals surface area contributed by atoms with Crippen LogP contribution in [0, 0.1) is 5.82 Å². The Kier molecular flexibility index (Phi) is 6.31. The zero-order valence-electron chi connectivity index (χ0n) is 17.6. The van der Waals surface area contributed by atoms with E-state index in [-0.39, 0.29) is 11.9 Å². The quantitative estimate of drug-likeness (QED) is 0.362. The summed E-state index contributed by atoms with van der Waals surface area (Å²) in [6.07, 6.45) is 6.07. The van der Waals surface area contributed by atoms with Crippen molar-refractivity contribution in [3.05, 3.63) is 84.2 Å². The topological polar surface area (TPSA) is 57.8 Å². The van der Waals surface area contributed by atoms with E-state index in [9.17, 15) is 4.39 Å². The lowest BCUT2D eigenvalue weighted by molar-refractivity contribution is 0.0953. The van der Waals surface area contributed by atoms with E-state index < -0.39 is 0 Å². The summed E-state index contributed by atoms with van der Waals surface area (Å²) in [6.45, 7) is 2.25. The Bertz CT molecular complexity index is 1150. The number of nitrogens with zero attached hydrogens (tertiary/aromatic N) is 5. The number of halogens is 1. The van der Waals surface area contributed by atoms with E-state index in [0.29, 0.717) is 12.3 Å². The Balaban J connectivity index is 1.37. The molecule has 4 aromatic rings. The molecule has 2 aromatic carbocycles. The average Bonchev–Trinajstić information content (AvgIpc) is 3.57. The lowest BCUT2D eigenvalue weighted by Crippen LogP contribution is -2.16. The summed E-state index contributed by atoms with van der Waals surface area (Å²) in [5, 5.41) is 9.71. The molecule has 0 N–H and O–H groups in total. The Hall–Kier alpha value is -2.97. The third-order valence-electron chi connectivity index (χ3n) is 5.56. The fourth-order valence-corrected chi connectivity index (χ4v) is 4.81. The molecule has 0 amide bonds. The summed E-state index contributed by atoms with van der Waals surface area (Å²) in [5.74, 6) is 2.12. The molecule has 8 heteroatoms. The molecule has 0 saturated carbocycles. The Labute approximate surface area is 190 Å². The van der Waals surface area contributed by atoms with E-state index in [2.05, 4.69) is 36.4 Å². The molecule has 0 radical (unpaired) electrons. The Morgan fingerprint density at radius 2 is 1.91 bits per heavy atom. The molecule has 1 aliphatic heterocycles. The first kappa shape index (κ1) is 20.9. The number of rotatable bonds is 8. The summed E-state index contributed by atoms with van der Waals surface area (Å²) in [5.41, 5.74) is 2.08. The van der Waals surface area contributed by atoms with Crippen LogP contribution in [-0.2, 0) is 23.6 Å². The Morgan fingerprint density at radius 3 is 2.69 bits per heavy atom. The smallest absolute Gasteiger partial charge is 0.192 e. The maximum Gasteiger partial charge on any atom is 0.192 e. The van der Waals surface area contributed by atoms with Crippen LogP contribution in [0.25, 0.3) is 11.4 Å². The minimum atomic E-state index is -0.265. The van der Waals surface area contributed by atoms with Crippen molar-refractivity contribution in [1.82, 2.24) is 24.3 Å². The molecule has 0 spiro atoms. The van der Waals surface area contributed by atoms with Crippen LogP contribution in [0.4, 0.5) is 4.39 Å². The van der Waals surface area contributed by atoms with Crippen LogP contribution in [-0.4, -0.2) is 37.0 Å². The maximum absolute atomic E-state index is 13.4. The molecule has 164 valence electrons. The van der Waals surface area contributed by atoms with Gasteiger partial charge < -0.3 is 9.30 Å². The second-order valence-electron chi connectivity index (χ2n) is 7.80. The number of thioether (sulfide) groups is 1. The van der Waals surface area contributed by atoms with Crippen molar-refractivity contribution in [3.8, 4) is 11.4 Å². The second-order valence-corrected chi connectivity index (χ2v) is 8.75. The third kappa shape index (κ3) is 4.76. The molecule has 1 fully saturated rings. The van der Waals surface area contributed by atoms with Crippen LogP contribution in [0.15, 0.2) is 72.1 Å². The molecule has 0 bridgehead atoms. The van der Waals surface area contributed by atoms with Crippen LogP contribution in [0.5, 0.6) is 0 Å². The number of ether oxygens (including phenoxy) is 1. The molecule has 1 aliphatic rings. The van der Waals surface area contributed by atoms with Crippen LogP contribution in [0.3, 0.4) is 0 Å². The van der Waals surface area contributed by atoms with Crippen molar-refractivity contribution in [2.75, 3.05) is 6.61 Å². The van der Waals surface area contributed by atoms with Gasteiger partial charge in [0.15, 0.2) is 11.0 Å². The van der Waals surface area contributed by atoms with Gasteiger partial charge >= 0.3 is 0 Å². The van der Waals surface area contributed by atoms with Crippen LogP contribution in [0.1, 0.15) is 24.2 Å². The van der Waals surface area contributed by atoms with Crippen molar-refractivity contribution in [1.29, 1.82) is 0 Å². The van der Waals surface area contributed by atoms with Crippen LogP contribution < -0.4 is 0 Å². The molecule has 3 heterocycles. The largest absolute Gasteiger partial charge is 0.376 e. The third-order valence-corrected chi connectivity index (χ3v) is 6.52. The molecule has 5 rings (SSSR count). The molecule has 0 aliphatic carbocycles. The van der Waals surface area contributed by atoms with Gasteiger partial charge in [0.2, 0.25) is 0 Å². The van der Waals surface area contributed by atoms with Gasteiger partial charge in [0, 0.05) is 31.1 Å². The van der Waals surface area contributed by atoms with Crippen LogP contribution in [0.2, 0.25) is 0 Å². The van der Waals surface area contributed by atoms with Gasteiger partial charge in [-0.1, -0.05) is 42.1 Å². The highest BCUT2D eigenvalue weighted by Crippen LogP contribution is 2.28. The zero-order chi connectivity index (χ0) is 21.8. The van der Waals surface area contributed by atoms with Gasteiger partial charge in [-0.2, -0.15) is 0 Å². The zero-order valence-corrected chi connectivity index (χ0v) is 18.4. The monoisotopic (exact) mass is 449 g/mol. The average molecular weight is 450 g/mol. The van der Waals surface area contributed by atoms with Crippen molar-refractivity contribution >= 4 is 11.8 Å². The predicted octanol–water partition coefficient (Wildman–Crippen LogP) is 4.80. The standard InChI is InChI=1S/C24H24FN5OS/c25-20-10-8-19(9-11-20)23-27-28-24(30(23)16-21-7-4-14-31-21)32-17-22-26-12-13-29(22)15-18-5-2-1-3-6-18/h1-3,5-6,8-13,21H,4,7,14-17H2. The number of aromatic nitrogens is 5. The van der Waals surface area contributed by atoms with E-state index in [4.69, 9.17) is 4.74 Å². The maximum atomic E-state index is 13.4. The number of benzene rings is 2.